The summed E-state index contributed by atoms with van der Waals surface area (Å²) in [5, 5.41) is 11.4. The van der Waals surface area contributed by atoms with Gasteiger partial charge in [0.1, 0.15) is 0 Å². The molecular weight excluding hydrogens is 256 g/mol. The van der Waals surface area contributed by atoms with E-state index in [0.29, 0.717) is 0 Å². The van der Waals surface area contributed by atoms with Gasteiger partial charge in [-0.1, -0.05) is 42.5 Å². The van der Waals surface area contributed by atoms with E-state index in [-0.39, 0.29) is 0 Å². The monoisotopic (exact) mass is 272 g/mol. The summed E-state index contributed by atoms with van der Waals surface area (Å²) in [5.41, 5.74) is 4.23. The molecule has 102 valence electrons. The molecule has 21 heavy (non-hydrogen) atoms. The SMILES string of the molecule is CN(C)c1ccc(-c2ccc(C#N)c3ccccc23)cc1. The molecule has 0 amide bonds. The first-order valence-corrected chi connectivity index (χ1v) is 6.90. The molecule has 0 bridgehead atoms. The van der Waals surface area contributed by atoms with Crippen LogP contribution in [0.4, 0.5) is 5.69 Å². The largest absolute Gasteiger partial charge is 0.378 e. The second kappa shape index (κ2) is 5.30. The van der Waals surface area contributed by atoms with Gasteiger partial charge in [-0.3, -0.25) is 0 Å². The van der Waals surface area contributed by atoms with E-state index in [1.54, 1.807) is 0 Å². The predicted octanol–water partition coefficient (Wildman–Crippen LogP) is 4.44. The average Bonchev–Trinajstić information content (AvgIpc) is 2.54. The molecule has 0 aliphatic heterocycles. The Labute approximate surface area is 124 Å². The third-order valence-corrected chi connectivity index (χ3v) is 3.74. The van der Waals surface area contributed by atoms with Gasteiger partial charge in [-0.25, -0.2) is 0 Å². The Morgan fingerprint density at radius 2 is 1.48 bits per heavy atom. The molecule has 0 aliphatic carbocycles. The van der Waals surface area contributed by atoms with Gasteiger partial charge < -0.3 is 4.90 Å². The van der Waals surface area contributed by atoms with Crippen LogP contribution in [0.15, 0.2) is 60.7 Å². The zero-order valence-electron chi connectivity index (χ0n) is 12.2. The van der Waals surface area contributed by atoms with E-state index in [0.717, 1.165) is 21.9 Å². The molecule has 0 saturated heterocycles. The lowest BCUT2D eigenvalue weighted by molar-refractivity contribution is 1.13. The predicted molar refractivity (Wildman–Crippen MR) is 88.4 cm³/mol. The van der Waals surface area contributed by atoms with Crippen LogP contribution in [0, 0.1) is 11.3 Å². The number of rotatable bonds is 2. The number of hydrogen-bond donors (Lipinski definition) is 0. The molecule has 0 atom stereocenters. The van der Waals surface area contributed by atoms with Crippen LogP contribution in [0.3, 0.4) is 0 Å². The van der Waals surface area contributed by atoms with Gasteiger partial charge in [0.25, 0.3) is 0 Å². The Kier molecular flexibility index (Phi) is 3.33. The van der Waals surface area contributed by atoms with E-state index >= 15 is 0 Å². The minimum Gasteiger partial charge on any atom is -0.378 e. The van der Waals surface area contributed by atoms with Crippen molar-refractivity contribution in [1.82, 2.24) is 0 Å². The van der Waals surface area contributed by atoms with E-state index in [9.17, 15) is 5.26 Å². The summed E-state index contributed by atoms with van der Waals surface area (Å²) in [4.78, 5) is 2.08. The minimum absolute atomic E-state index is 0.722. The average molecular weight is 272 g/mol. The summed E-state index contributed by atoms with van der Waals surface area (Å²) in [6.45, 7) is 0. The summed E-state index contributed by atoms with van der Waals surface area (Å²) in [6.07, 6.45) is 0. The van der Waals surface area contributed by atoms with Crippen LogP contribution >= 0.6 is 0 Å². The molecule has 2 nitrogen and oxygen atoms in total. The number of nitrogens with zero attached hydrogens (tertiary/aromatic N) is 2. The fourth-order valence-corrected chi connectivity index (χ4v) is 2.59. The lowest BCUT2D eigenvalue weighted by atomic mass is 9.95. The Morgan fingerprint density at radius 3 is 2.10 bits per heavy atom. The van der Waals surface area contributed by atoms with Crippen molar-refractivity contribution in [3.8, 4) is 17.2 Å². The standard InChI is InChI=1S/C19H16N2/c1-21(2)16-10-7-14(8-11-16)18-12-9-15(13-20)17-5-3-4-6-19(17)18/h3-12H,1-2H3. The number of fused-ring (bicyclic) bond motifs is 1. The van der Waals surface area contributed by atoms with Crippen molar-refractivity contribution in [3.63, 3.8) is 0 Å². The lowest BCUT2D eigenvalue weighted by Crippen LogP contribution is -2.07. The molecule has 3 aromatic carbocycles. The molecule has 0 heterocycles. The summed E-state index contributed by atoms with van der Waals surface area (Å²) < 4.78 is 0. The number of hydrogen-bond acceptors (Lipinski definition) is 2. The van der Waals surface area contributed by atoms with Gasteiger partial charge in [0, 0.05) is 25.2 Å². The zero-order valence-corrected chi connectivity index (χ0v) is 12.2. The third kappa shape index (κ3) is 2.34. The van der Waals surface area contributed by atoms with Gasteiger partial charge in [0.2, 0.25) is 0 Å². The van der Waals surface area contributed by atoms with Crippen LogP contribution in [0.25, 0.3) is 21.9 Å². The van der Waals surface area contributed by atoms with Crippen LogP contribution in [-0.2, 0) is 0 Å². The Bertz CT molecular complexity index is 824. The molecule has 0 radical (unpaired) electrons. The van der Waals surface area contributed by atoms with Gasteiger partial charge in [-0.05, 0) is 34.7 Å². The highest BCUT2D eigenvalue weighted by Gasteiger charge is 2.07. The quantitative estimate of drug-likeness (QED) is 0.689. The highest BCUT2D eigenvalue weighted by atomic mass is 15.1. The Morgan fingerprint density at radius 1 is 0.810 bits per heavy atom. The van der Waals surface area contributed by atoms with Crippen LogP contribution < -0.4 is 4.90 Å². The van der Waals surface area contributed by atoms with E-state index in [4.69, 9.17) is 0 Å². The third-order valence-electron chi connectivity index (χ3n) is 3.74. The van der Waals surface area contributed by atoms with Crippen molar-refractivity contribution in [2.75, 3.05) is 19.0 Å². The fourth-order valence-electron chi connectivity index (χ4n) is 2.59. The lowest BCUT2D eigenvalue weighted by Gasteiger charge is -2.13. The van der Waals surface area contributed by atoms with Crippen molar-refractivity contribution in [3.05, 3.63) is 66.2 Å². The van der Waals surface area contributed by atoms with E-state index < -0.39 is 0 Å². The van der Waals surface area contributed by atoms with E-state index in [1.807, 2.05) is 44.4 Å². The second-order valence-electron chi connectivity index (χ2n) is 5.26. The maximum absolute atomic E-state index is 9.24. The first kappa shape index (κ1) is 13.2. The van der Waals surface area contributed by atoms with Gasteiger partial charge in [0.05, 0.1) is 11.6 Å². The number of anilines is 1. The van der Waals surface area contributed by atoms with Gasteiger partial charge >= 0.3 is 0 Å². The Hall–Kier alpha value is -2.79. The smallest absolute Gasteiger partial charge is 0.0998 e. The molecule has 0 spiro atoms. The molecule has 3 aromatic rings. The molecule has 0 fully saturated rings. The van der Waals surface area contributed by atoms with Crippen molar-refractivity contribution in [2.45, 2.75) is 0 Å². The normalized spacial score (nSPS) is 10.3. The van der Waals surface area contributed by atoms with Crippen LogP contribution in [0.1, 0.15) is 5.56 Å². The van der Waals surface area contributed by atoms with Crippen molar-refractivity contribution in [2.24, 2.45) is 0 Å². The van der Waals surface area contributed by atoms with Crippen LogP contribution in [-0.4, -0.2) is 14.1 Å². The summed E-state index contributed by atoms with van der Waals surface area (Å²) in [5.74, 6) is 0. The van der Waals surface area contributed by atoms with Gasteiger partial charge in [-0.2, -0.15) is 5.26 Å². The molecule has 3 rings (SSSR count). The molecule has 2 heteroatoms. The summed E-state index contributed by atoms with van der Waals surface area (Å²) >= 11 is 0. The van der Waals surface area contributed by atoms with E-state index in [1.165, 1.54) is 11.3 Å². The summed E-state index contributed by atoms with van der Waals surface area (Å²) in [6, 6.07) is 22.8. The number of benzene rings is 3. The van der Waals surface area contributed by atoms with Gasteiger partial charge in [0.15, 0.2) is 0 Å². The van der Waals surface area contributed by atoms with Crippen molar-refractivity contribution in [1.29, 1.82) is 5.26 Å². The topological polar surface area (TPSA) is 27.0 Å². The maximum atomic E-state index is 9.24. The van der Waals surface area contributed by atoms with Gasteiger partial charge in [-0.15, -0.1) is 0 Å². The van der Waals surface area contributed by atoms with E-state index in [2.05, 4.69) is 41.3 Å². The molecule has 0 saturated carbocycles. The molecule has 0 unspecified atom stereocenters. The zero-order chi connectivity index (χ0) is 14.8. The number of nitriles is 1. The highest BCUT2D eigenvalue weighted by molar-refractivity contribution is 5.99. The van der Waals surface area contributed by atoms with Crippen LogP contribution in [0.2, 0.25) is 0 Å². The molecule has 0 aromatic heterocycles. The molecule has 0 N–H and O–H groups in total. The van der Waals surface area contributed by atoms with Crippen LogP contribution in [0.5, 0.6) is 0 Å². The second-order valence-corrected chi connectivity index (χ2v) is 5.26. The fraction of sp³-hybridized carbons (Fsp3) is 0.105. The maximum Gasteiger partial charge on any atom is 0.0998 e. The van der Waals surface area contributed by atoms with Crippen molar-refractivity contribution < 1.29 is 0 Å². The Balaban J connectivity index is 2.19. The van der Waals surface area contributed by atoms with Crippen molar-refractivity contribution >= 4 is 16.5 Å². The summed E-state index contributed by atoms with van der Waals surface area (Å²) in [7, 11) is 4.07. The molecular formula is C19H16N2. The molecule has 0 aliphatic rings. The minimum atomic E-state index is 0.722. The first-order valence-electron chi connectivity index (χ1n) is 6.90. The highest BCUT2D eigenvalue weighted by Crippen LogP contribution is 2.31. The first-order chi connectivity index (χ1) is 10.2.